The van der Waals surface area contributed by atoms with Gasteiger partial charge in [0.1, 0.15) is 5.51 Å². The molecule has 1 aromatic heterocycles. The van der Waals surface area contributed by atoms with Gasteiger partial charge < -0.3 is 19.7 Å². The third kappa shape index (κ3) is 2.46. The Morgan fingerprint density at radius 3 is 3.00 bits per heavy atom. The number of hydrogen-bond donors (Lipinski definition) is 1. The third-order valence-electron chi connectivity index (χ3n) is 4.25. The Bertz CT molecular complexity index is 795. The molecule has 8 nitrogen and oxygen atoms in total. The summed E-state index contributed by atoms with van der Waals surface area (Å²) >= 11 is 1.24. The Kier molecular flexibility index (Phi) is 3.57. The number of carbonyl (C=O) groups is 2. The van der Waals surface area contributed by atoms with Crippen molar-refractivity contribution in [2.75, 3.05) is 19.2 Å². The summed E-state index contributed by atoms with van der Waals surface area (Å²) in [4.78, 5) is 26.4. The number of likely N-dealkylation sites (tertiary alicyclic amines) is 1. The smallest absolute Gasteiger partial charge is 0.232 e. The van der Waals surface area contributed by atoms with Crippen molar-refractivity contribution in [3.8, 4) is 11.5 Å². The second-order valence-electron chi connectivity index (χ2n) is 5.61. The summed E-state index contributed by atoms with van der Waals surface area (Å²) in [6.07, 6.45) is 0.153. The van der Waals surface area contributed by atoms with Crippen LogP contribution in [-0.2, 0) is 9.59 Å². The number of fused-ring (bicyclic) bond motifs is 1. The molecule has 0 radical (unpaired) electrons. The first-order valence-corrected chi connectivity index (χ1v) is 8.23. The molecular formula is C15H14N4O4S. The summed E-state index contributed by atoms with van der Waals surface area (Å²) < 4.78 is 10.7. The Hall–Kier alpha value is -2.68. The van der Waals surface area contributed by atoms with E-state index in [1.165, 1.54) is 16.8 Å². The molecule has 124 valence electrons. The van der Waals surface area contributed by atoms with Gasteiger partial charge in [-0.25, -0.2) is 0 Å². The number of carbonyl (C=O) groups excluding carboxylic acids is 2. The molecule has 0 aliphatic carbocycles. The second kappa shape index (κ2) is 5.75. The van der Waals surface area contributed by atoms with E-state index in [0.29, 0.717) is 16.6 Å². The maximum Gasteiger partial charge on any atom is 0.232 e. The molecule has 4 rings (SSSR count). The zero-order valence-corrected chi connectivity index (χ0v) is 13.6. The van der Waals surface area contributed by atoms with E-state index in [1.54, 1.807) is 18.0 Å². The molecule has 2 amide bonds. The maximum absolute atomic E-state index is 12.6. The summed E-state index contributed by atoms with van der Waals surface area (Å²) in [7, 11) is 1.70. The lowest BCUT2D eigenvalue weighted by Crippen LogP contribution is -2.30. The van der Waals surface area contributed by atoms with E-state index >= 15 is 0 Å². The van der Waals surface area contributed by atoms with Crippen molar-refractivity contribution in [2.45, 2.75) is 12.5 Å². The zero-order chi connectivity index (χ0) is 16.7. The third-order valence-corrected chi connectivity index (χ3v) is 4.86. The highest BCUT2D eigenvalue weighted by molar-refractivity contribution is 7.13. The Labute approximate surface area is 141 Å². The van der Waals surface area contributed by atoms with Crippen LogP contribution in [0.25, 0.3) is 0 Å². The molecule has 1 aromatic carbocycles. The van der Waals surface area contributed by atoms with Crippen LogP contribution in [0.1, 0.15) is 18.0 Å². The van der Waals surface area contributed by atoms with E-state index in [0.717, 1.165) is 5.56 Å². The molecule has 9 heteroatoms. The average Bonchev–Trinajstić information content (AvgIpc) is 3.28. The van der Waals surface area contributed by atoms with E-state index in [-0.39, 0.29) is 31.1 Å². The molecule has 0 bridgehead atoms. The molecule has 1 fully saturated rings. The maximum atomic E-state index is 12.6. The fourth-order valence-electron chi connectivity index (χ4n) is 3.08. The quantitative estimate of drug-likeness (QED) is 0.903. The number of aromatic nitrogens is 2. The van der Waals surface area contributed by atoms with Gasteiger partial charge in [-0.05, 0) is 17.7 Å². The molecule has 2 aliphatic rings. The largest absolute Gasteiger partial charge is 0.454 e. The lowest BCUT2D eigenvalue weighted by atomic mass is 9.92. The van der Waals surface area contributed by atoms with Gasteiger partial charge in [0.15, 0.2) is 11.5 Å². The van der Waals surface area contributed by atoms with Crippen molar-refractivity contribution in [1.82, 2.24) is 15.1 Å². The van der Waals surface area contributed by atoms with Crippen molar-refractivity contribution in [2.24, 2.45) is 5.92 Å². The number of amides is 2. The number of benzene rings is 1. The number of hydrogen-bond acceptors (Lipinski definition) is 7. The fraction of sp³-hybridized carbons (Fsp3) is 0.333. The summed E-state index contributed by atoms with van der Waals surface area (Å²) in [5, 5.41) is 10.7. The predicted octanol–water partition coefficient (Wildman–Crippen LogP) is 1.42. The normalized spacial score (nSPS) is 22.0. The minimum atomic E-state index is -0.508. The first kappa shape index (κ1) is 14.9. The Morgan fingerprint density at radius 2 is 2.21 bits per heavy atom. The Balaban J connectivity index is 1.63. The van der Waals surface area contributed by atoms with Crippen LogP contribution >= 0.6 is 11.3 Å². The van der Waals surface area contributed by atoms with Gasteiger partial charge in [0, 0.05) is 13.5 Å². The summed E-state index contributed by atoms with van der Waals surface area (Å²) in [6, 6.07) is 5.12. The highest BCUT2D eigenvalue weighted by Crippen LogP contribution is 2.41. The van der Waals surface area contributed by atoms with E-state index in [4.69, 9.17) is 9.47 Å². The lowest BCUT2D eigenvalue weighted by molar-refractivity contribution is -0.127. The number of ether oxygens (including phenoxy) is 2. The predicted molar refractivity (Wildman–Crippen MR) is 84.7 cm³/mol. The van der Waals surface area contributed by atoms with Gasteiger partial charge in [-0.1, -0.05) is 17.4 Å². The highest BCUT2D eigenvalue weighted by atomic mass is 32.1. The fourth-order valence-corrected chi connectivity index (χ4v) is 3.53. The molecule has 0 saturated carbocycles. The number of rotatable bonds is 3. The van der Waals surface area contributed by atoms with Gasteiger partial charge in [0.25, 0.3) is 0 Å². The minimum absolute atomic E-state index is 0.0740. The molecule has 2 atom stereocenters. The molecule has 1 saturated heterocycles. The van der Waals surface area contributed by atoms with Crippen LogP contribution < -0.4 is 14.8 Å². The summed E-state index contributed by atoms with van der Waals surface area (Å²) in [5.74, 6) is 0.470. The van der Waals surface area contributed by atoms with Gasteiger partial charge in [-0.15, -0.1) is 10.2 Å². The van der Waals surface area contributed by atoms with Crippen molar-refractivity contribution in [3.63, 3.8) is 0 Å². The molecule has 1 N–H and O–H groups in total. The summed E-state index contributed by atoms with van der Waals surface area (Å²) in [6.45, 7) is 0.180. The van der Waals surface area contributed by atoms with Crippen molar-refractivity contribution in [1.29, 1.82) is 0 Å². The van der Waals surface area contributed by atoms with Gasteiger partial charge in [-0.2, -0.15) is 0 Å². The molecular weight excluding hydrogens is 332 g/mol. The Morgan fingerprint density at radius 1 is 1.38 bits per heavy atom. The standard InChI is InChI=1S/C15H14N4O4S/c1-19-12(20)5-9(14(21)17-15-18-16-6-24-15)13(19)8-2-3-10-11(4-8)23-7-22-10/h2-4,6,9,13H,5,7H2,1H3,(H,17,18,21)/t9-,13-/m0/s1. The summed E-state index contributed by atoms with van der Waals surface area (Å²) in [5.41, 5.74) is 2.38. The van der Waals surface area contributed by atoms with Gasteiger partial charge >= 0.3 is 0 Å². The van der Waals surface area contributed by atoms with Crippen LogP contribution in [0.4, 0.5) is 5.13 Å². The van der Waals surface area contributed by atoms with Crippen molar-refractivity contribution >= 4 is 28.3 Å². The van der Waals surface area contributed by atoms with E-state index in [1.807, 2.05) is 12.1 Å². The topological polar surface area (TPSA) is 93.7 Å². The molecule has 3 heterocycles. The average molecular weight is 346 g/mol. The van der Waals surface area contributed by atoms with E-state index < -0.39 is 5.92 Å². The van der Waals surface area contributed by atoms with Crippen LogP contribution in [0.15, 0.2) is 23.7 Å². The lowest BCUT2D eigenvalue weighted by Gasteiger charge is -2.24. The monoisotopic (exact) mass is 346 g/mol. The van der Waals surface area contributed by atoms with Crippen LogP contribution in [0.5, 0.6) is 11.5 Å². The van der Waals surface area contributed by atoms with Crippen LogP contribution in [0.2, 0.25) is 0 Å². The minimum Gasteiger partial charge on any atom is -0.454 e. The van der Waals surface area contributed by atoms with Gasteiger partial charge in [0.05, 0.1) is 12.0 Å². The van der Waals surface area contributed by atoms with Crippen molar-refractivity contribution < 1.29 is 19.1 Å². The number of nitrogens with zero attached hydrogens (tertiary/aromatic N) is 3. The van der Waals surface area contributed by atoms with Crippen LogP contribution in [-0.4, -0.2) is 40.8 Å². The zero-order valence-electron chi connectivity index (χ0n) is 12.8. The van der Waals surface area contributed by atoms with Gasteiger partial charge in [-0.3, -0.25) is 9.59 Å². The molecule has 0 unspecified atom stereocenters. The second-order valence-corrected chi connectivity index (χ2v) is 6.44. The molecule has 2 aliphatic heterocycles. The first-order chi connectivity index (χ1) is 11.6. The molecule has 24 heavy (non-hydrogen) atoms. The first-order valence-electron chi connectivity index (χ1n) is 7.36. The number of nitrogens with one attached hydrogen (secondary N) is 1. The highest BCUT2D eigenvalue weighted by Gasteiger charge is 2.43. The van der Waals surface area contributed by atoms with Crippen molar-refractivity contribution in [3.05, 3.63) is 29.3 Å². The van der Waals surface area contributed by atoms with Crippen LogP contribution in [0, 0.1) is 5.92 Å². The van der Waals surface area contributed by atoms with Gasteiger partial charge in [0.2, 0.25) is 23.7 Å². The van der Waals surface area contributed by atoms with E-state index in [2.05, 4.69) is 15.5 Å². The SMILES string of the molecule is CN1C(=O)C[C@H](C(=O)Nc2nncs2)[C@@H]1c1ccc2c(c1)OCO2. The molecule has 0 spiro atoms. The van der Waals surface area contributed by atoms with E-state index in [9.17, 15) is 9.59 Å². The molecule has 2 aromatic rings. The number of anilines is 1. The van der Waals surface area contributed by atoms with Crippen LogP contribution in [0.3, 0.4) is 0 Å².